The number of amides is 1. The van der Waals surface area contributed by atoms with Crippen molar-refractivity contribution in [1.29, 1.82) is 0 Å². The van der Waals surface area contributed by atoms with Gasteiger partial charge < -0.3 is 15.0 Å². The standard InChI is InChI=1S/C21H24Cl2N2O2/c1-14-5-3-4-12-25(14)18-9-7-17(8-10-18)24-21(26)15(2)27-20-11-6-16(22)13-19(20)23/h6-11,13-15H,3-5,12H2,1-2H3,(H,24,26)/t14-,15-/m1/s1. The van der Waals surface area contributed by atoms with Crippen molar-refractivity contribution in [2.24, 2.45) is 0 Å². The molecule has 2 aromatic rings. The number of carbonyl (C=O) groups is 1. The molecular weight excluding hydrogens is 383 g/mol. The molecule has 2 aromatic carbocycles. The third kappa shape index (κ3) is 5.08. The molecule has 0 aromatic heterocycles. The Hall–Kier alpha value is -1.91. The number of piperidine rings is 1. The van der Waals surface area contributed by atoms with E-state index in [-0.39, 0.29) is 5.91 Å². The van der Waals surface area contributed by atoms with Crippen molar-refractivity contribution >= 4 is 40.5 Å². The molecule has 144 valence electrons. The highest BCUT2D eigenvalue weighted by Crippen LogP contribution is 2.29. The van der Waals surface area contributed by atoms with Crippen LogP contribution in [0.3, 0.4) is 0 Å². The maximum atomic E-state index is 12.4. The Balaban J connectivity index is 1.60. The van der Waals surface area contributed by atoms with E-state index in [1.165, 1.54) is 24.9 Å². The van der Waals surface area contributed by atoms with E-state index >= 15 is 0 Å². The number of nitrogens with one attached hydrogen (secondary N) is 1. The Morgan fingerprint density at radius 2 is 1.93 bits per heavy atom. The fourth-order valence-electron chi connectivity index (χ4n) is 3.28. The number of rotatable bonds is 5. The van der Waals surface area contributed by atoms with Gasteiger partial charge in [-0.3, -0.25) is 4.79 Å². The predicted molar refractivity (Wildman–Crippen MR) is 112 cm³/mol. The van der Waals surface area contributed by atoms with Crippen molar-refractivity contribution in [3.05, 3.63) is 52.5 Å². The number of anilines is 2. The largest absolute Gasteiger partial charge is 0.479 e. The summed E-state index contributed by atoms with van der Waals surface area (Å²) in [6, 6.07) is 13.4. The predicted octanol–water partition coefficient (Wildman–Crippen LogP) is 5.78. The third-order valence-corrected chi connectivity index (χ3v) is 5.37. The Kier molecular flexibility index (Phi) is 6.51. The molecule has 6 heteroatoms. The molecule has 0 unspecified atom stereocenters. The number of hydrogen-bond donors (Lipinski definition) is 1. The van der Waals surface area contributed by atoms with Crippen molar-refractivity contribution in [3.8, 4) is 5.75 Å². The first-order valence-electron chi connectivity index (χ1n) is 9.23. The van der Waals surface area contributed by atoms with Gasteiger partial charge in [0.15, 0.2) is 6.10 Å². The zero-order valence-corrected chi connectivity index (χ0v) is 17.1. The molecule has 2 atom stereocenters. The summed E-state index contributed by atoms with van der Waals surface area (Å²) in [7, 11) is 0. The van der Waals surface area contributed by atoms with Crippen LogP contribution in [0.1, 0.15) is 33.1 Å². The van der Waals surface area contributed by atoms with Crippen LogP contribution < -0.4 is 15.0 Å². The second-order valence-corrected chi connectivity index (χ2v) is 7.75. The summed E-state index contributed by atoms with van der Waals surface area (Å²) < 4.78 is 5.66. The van der Waals surface area contributed by atoms with Crippen molar-refractivity contribution in [3.63, 3.8) is 0 Å². The molecule has 0 radical (unpaired) electrons. The van der Waals surface area contributed by atoms with Crippen LogP contribution in [-0.2, 0) is 4.79 Å². The van der Waals surface area contributed by atoms with Crippen LogP contribution in [-0.4, -0.2) is 24.6 Å². The molecule has 1 heterocycles. The molecule has 3 rings (SSSR count). The topological polar surface area (TPSA) is 41.6 Å². The molecule has 0 bridgehead atoms. The lowest BCUT2D eigenvalue weighted by Crippen LogP contribution is -2.37. The minimum atomic E-state index is -0.689. The van der Waals surface area contributed by atoms with Gasteiger partial charge in [-0.2, -0.15) is 0 Å². The summed E-state index contributed by atoms with van der Waals surface area (Å²) in [6.07, 6.45) is 3.05. The van der Waals surface area contributed by atoms with E-state index in [1.54, 1.807) is 25.1 Å². The van der Waals surface area contributed by atoms with Crippen molar-refractivity contribution in [2.45, 2.75) is 45.3 Å². The van der Waals surface area contributed by atoms with Crippen LogP contribution in [0.5, 0.6) is 5.75 Å². The van der Waals surface area contributed by atoms with E-state index in [2.05, 4.69) is 29.3 Å². The average Bonchev–Trinajstić information content (AvgIpc) is 2.65. The summed E-state index contributed by atoms with van der Waals surface area (Å²) in [5.41, 5.74) is 1.93. The van der Waals surface area contributed by atoms with E-state index in [4.69, 9.17) is 27.9 Å². The molecule has 0 aliphatic carbocycles. The highest BCUT2D eigenvalue weighted by Gasteiger charge is 2.19. The van der Waals surface area contributed by atoms with Crippen molar-refractivity contribution in [1.82, 2.24) is 0 Å². The van der Waals surface area contributed by atoms with Gasteiger partial charge in [0.2, 0.25) is 0 Å². The van der Waals surface area contributed by atoms with E-state index in [9.17, 15) is 4.79 Å². The summed E-state index contributed by atoms with van der Waals surface area (Å²) in [5.74, 6) is 0.193. The summed E-state index contributed by atoms with van der Waals surface area (Å²) in [6.45, 7) is 5.03. The SMILES string of the molecule is C[C@@H]1CCCCN1c1ccc(NC(=O)[C@@H](C)Oc2ccc(Cl)cc2Cl)cc1. The molecule has 1 fully saturated rings. The van der Waals surface area contributed by atoms with Crippen LogP contribution in [0.2, 0.25) is 10.0 Å². The Labute approximate surface area is 170 Å². The van der Waals surface area contributed by atoms with Crippen molar-refractivity contribution < 1.29 is 9.53 Å². The number of benzene rings is 2. The Morgan fingerprint density at radius 3 is 2.59 bits per heavy atom. The van der Waals surface area contributed by atoms with Crippen LogP contribution in [0, 0.1) is 0 Å². The number of ether oxygens (including phenoxy) is 1. The van der Waals surface area contributed by atoms with E-state index in [0.29, 0.717) is 21.8 Å². The van der Waals surface area contributed by atoms with Gasteiger partial charge in [-0.15, -0.1) is 0 Å². The molecule has 0 spiro atoms. The second-order valence-electron chi connectivity index (χ2n) is 6.91. The Morgan fingerprint density at radius 1 is 1.19 bits per heavy atom. The molecule has 1 aliphatic heterocycles. The highest BCUT2D eigenvalue weighted by molar-refractivity contribution is 6.35. The van der Waals surface area contributed by atoms with Gasteiger partial charge in [0.05, 0.1) is 5.02 Å². The van der Waals surface area contributed by atoms with Gasteiger partial charge >= 0.3 is 0 Å². The van der Waals surface area contributed by atoms with Gasteiger partial charge in [-0.25, -0.2) is 0 Å². The molecule has 1 amide bonds. The van der Waals surface area contributed by atoms with Gasteiger partial charge in [0, 0.05) is 29.0 Å². The number of halogens is 2. The normalized spacial score (nSPS) is 18.1. The van der Waals surface area contributed by atoms with E-state index in [0.717, 1.165) is 12.2 Å². The molecule has 0 saturated carbocycles. The lowest BCUT2D eigenvalue weighted by molar-refractivity contribution is -0.122. The monoisotopic (exact) mass is 406 g/mol. The molecule has 27 heavy (non-hydrogen) atoms. The van der Waals surface area contributed by atoms with Gasteiger partial charge in [0.25, 0.3) is 5.91 Å². The molecular formula is C21H24Cl2N2O2. The summed E-state index contributed by atoms with van der Waals surface area (Å²) in [5, 5.41) is 3.78. The summed E-state index contributed by atoms with van der Waals surface area (Å²) >= 11 is 12.0. The van der Waals surface area contributed by atoms with Gasteiger partial charge in [-0.05, 0) is 75.6 Å². The highest BCUT2D eigenvalue weighted by atomic mass is 35.5. The first kappa shape index (κ1) is 19.8. The quantitative estimate of drug-likeness (QED) is 0.683. The average molecular weight is 407 g/mol. The minimum absolute atomic E-state index is 0.236. The van der Waals surface area contributed by atoms with Crippen LogP contribution in [0.25, 0.3) is 0 Å². The zero-order valence-electron chi connectivity index (χ0n) is 15.5. The number of hydrogen-bond acceptors (Lipinski definition) is 3. The molecule has 1 N–H and O–H groups in total. The molecule has 1 saturated heterocycles. The smallest absolute Gasteiger partial charge is 0.265 e. The van der Waals surface area contributed by atoms with Crippen LogP contribution >= 0.6 is 23.2 Å². The van der Waals surface area contributed by atoms with Gasteiger partial charge in [-0.1, -0.05) is 23.2 Å². The second kappa shape index (κ2) is 8.85. The van der Waals surface area contributed by atoms with E-state index in [1.807, 2.05) is 12.1 Å². The van der Waals surface area contributed by atoms with E-state index < -0.39 is 6.10 Å². The van der Waals surface area contributed by atoms with Crippen molar-refractivity contribution in [2.75, 3.05) is 16.8 Å². The first-order chi connectivity index (χ1) is 12.9. The lowest BCUT2D eigenvalue weighted by atomic mass is 10.0. The third-order valence-electron chi connectivity index (χ3n) is 4.84. The summed E-state index contributed by atoms with van der Waals surface area (Å²) in [4.78, 5) is 14.8. The van der Waals surface area contributed by atoms with Crippen LogP contribution in [0.15, 0.2) is 42.5 Å². The Bertz CT molecular complexity index is 795. The van der Waals surface area contributed by atoms with Crippen LogP contribution in [0.4, 0.5) is 11.4 Å². The molecule has 1 aliphatic rings. The fourth-order valence-corrected chi connectivity index (χ4v) is 3.73. The minimum Gasteiger partial charge on any atom is -0.479 e. The maximum absolute atomic E-state index is 12.4. The fraction of sp³-hybridized carbons (Fsp3) is 0.381. The lowest BCUT2D eigenvalue weighted by Gasteiger charge is -2.35. The number of carbonyl (C=O) groups excluding carboxylic acids is 1. The zero-order chi connectivity index (χ0) is 19.4. The maximum Gasteiger partial charge on any atom is 0.265 e. The first-order valence-corrected chi connectivity index (χ1v) is 9.99. The molecule has 4 nitrogen and oxygen atoms in total. The van der Waals surface area contributed by atoms with Gasteiger partial charge in [0.1, 0.15) is 5.75 Å². The number of nitrogens with zero attached hydrogens (tertiary/aromatic N) is 1.